The Balaban J connectivity index is 1.62. The molecule has 1 atom stereocenters. The second-order valence-electron chi connectivity index (χ2n) is 7.35. The van der Waals surface area contributed by atoms with E-state index in [1.165, 1.54) is 5.56 Å². The zero-order valence-electron chi connectivity index (χ0n) is 16.8. The number of nitrogens with zero attached hydrogens (tertiary/aromatic N) is 2. The minimum Gasteiger partial charge on any atom is -0.496 e. The lowest BCUT2D eigenvalue weighted by molar-refractivity contribution is 0.199. The molecule has 6 nitrogen and oxygen atoms in total. The highest BCUT2D eigenvalue weighted by molar-refractivity contribution is 5.40. The number of H-pyrrole nitrogens is 1. The van der Waals surface area contributed by atoms with Crippen LogP contribution in [0, 0.1) is 0 Å². The Morgan fingerprint density at radius 1 is 1.30 bits per heavy atom. The molecule has 6 heteroatoms. The van der Waals surface area contributed by atoms with Crippen molar-refractivity contribution in [2.75, 3.05) is 33.4 Å². The van der Waals surface area contributed by atoms with Crippen molar-refractivity contribution >= 4 is 0 Å². The highest BCUT2D eigenvalue weighted by atomic mass is 16.5. The molecule has 0 unspecified atom stereocenters. The van der Waals surface area contributed by atoms with Gasteiger partial charge in [0.1, 0.15) is 5.75 Å². The van der Waals surface area contributed by atoms with Crippen LogP contribution in [0.25, 0.3) is 0 Å². The lowest BCUT2D eigenvalue weighted by Gasteiger charge is -2.31. The van der Waals surface area contributed by atoms with E-state index in [9.17, 15) is 0 Å². The normalized spacial score (nSPS) is 17.8. The summed E-state index contributed by atoms with van der Waals surface area (Å²) in [5.41, 5.74) is 3.47. The fraction of sp³-hybridized carbons (Fsp3) is 0.571. The van der Waals surface area contributed by atoms with Gasteiger partial charge in [0.2, 0.25) is 5.88 Å². The first-order valence-electron chi connectivity index (χ1n) is 9.96. The Kier molecular flexibility index (Phi) is 7.12. The van der Waals surface area contributed by atoms with Gasteiger partial charge >= 0.3 is 0 Å². The molecule has 0 aliphatic carbocycles. The molecule has 2 heterocycles. The summed E-state index contributed by atoms with van der Waals surface area (Å²) in [6.45, 7) is 9.28. The molecule has 0 saturated carbocycles. The average Bonchev–Trinajstić information content (AvgIpc) is 3.10. The molecule has 1 fully saturated rings. The first-order chi connectivity index (χ1) is 13.2. The molecule has 1 aliphatic rings. The third kappa shape index (κ3) is 5.71. The SMILES string of the molecule is CCCCOc1cc(Cc2ccc(CN3CCN[C@H](C)C3)cc2OC)[nH]n1. The number of aromatic nitrogens is 2. The van der Waals surface area contributed by atoms with E-state index in [2.05, 4.69) is 52.5 Å². The number of rotatable bonds is 9. The van der Waals surface area contributed by atoms with Crippen molar-refractivity contribution in [1.82, 2.24) is 20.4 Å². The molecule has 0 amide bonds. The number of nitrogens with one attached hydrogen (secondary N) is 2. The maximum atomic E-state index is 5.66. The molecule has 0 bridgehead atoms. The minimum atomic E-state index is 0.550. The molecule has 3 rings (SSSR count). The molecular weight excluding hydrogens is 340 g/mol. The van der Waals surface area contributed by atoms with Gasteiger partial charge in [-0.15, -0.1) is 5.10 Å². The van der Waals surface area contributed by atoms with Crippen LogP contribution in [0.1, 0.15) is 43.5 Å². The molecular formula is C21H32N4O2. The Morgan fingerprint density at radius 3 is 2.96 bits per heavy atom. The fourth-order valence-corrected chi connectivity index (χ4v) is 3.48. The Hall–Kier alpha value is -2.05. The molecule has 2 N–H and O–H groups in total. The molecule has 0 spiro atoms. The summed E-state index contributed by atoms with van der Waals surface area (Å²) in [7, 11) is 1.74. The Bertz CT molecular complexity index is 716. The van der Waals surface area contributed by atoms with Crippen LogP contribution in [-0.2, 0) is 13.0 Å². The van der Waals surface area contributed by atoms with Gasteiger partial charge in [-0.05, 0) is 25.0 Å². The number of unbranched alkanes of at least 4 members (excludes halogenated alkanes) is 1. The van der Waals surface area contributed by atoms with Crippen molar-refractivity contribution in [2.45, 2.75) is 45.7 Å². The number of hydrogen-bond acceptors (Lipinski definition) is 5. The number of ether oxygens (including phenoxy) is 2. The zero-order valence-corrected chi connectivity index (χ0v) is 16.8. The van der Waals surface area contributed by atoms with Crippen LogP contribution in [0.4, 0.5) is 0 Å². The summed E-state index contributed by atoms with van der Waals surface area (Å²) in [5.74, 6) is 1.60. The first kappa shape index (κ1) is 19.7. The standard InChI is InChI=1S/C21H32N4O2/c1-4-5-10-27-21-13-19(23-24-21)12-18-7-6-17(11-20(18)26-3)15-25-9-8-22-16(2)14-25/h6-7,11,13,16,22H,4-5,8-10,12,14-15H2,1-3H3,(H,23,24)/t16-/m1/s1. The maximum absolute atomic E-state index is 5.66. The largest absolute Gasteiger partial charge is 0.496 e. The first-order valence-corrected chi connectivity index (χ1v) is 9.96. The topological polar surface area (TPSA) is 62.4 Å². The summed E-state index contributed by atoms with van der Waals surface area (Å²) < 4.78 is 11.3. The van der Waals surface area contributed by atoms with Crippen LogP contribution in [0.3, 0.4) is 0 Å². The number of aromatic amines is 1. The van der Waals surface area contributed by atoms with Gasteiger partial charge in [-0.1, -0.05) is 25.5 Å². The second kappa shape index (κ2) is 9.76. The quantitative estimate of drug-likeness (QED) is 0.663. The predicted octanol–water partition coefficient (Wildman–Crippen LogP) is 2.98. The van der Waals surface area contributed by atoms with E-state index < -0.39 is 0 Å². The molecule has 27 heavy (non-hydrogen) atoms. The van der Waals surface area contributed by atoms with E-state index >= 15 is 0 Å². The van der Waals surface area contributed by atoms with Crippen LogP contribution in [-0.4, -0.2) is 54.5 Å². The highest BCUT2D eigenvalue weighted by Gasteiger charge is 2.16. The average molecular weight is 373 g/mol. The summed E-state index contributed by atoms with van der Waals surface area (Å²) in [5, 5.41) is 10.8. The lowest BCUT2D eigenvalue weighted by Crippen LogP contribution is -2.48. The summed E-state index contributed by atoms with van der Waals surface area (Å²) in [6.07, 6.45) is 2.91. The second-order valence-corrected chi connectivity index (χ2v) is 7.35. The van der Waals surface area contributed by atoms with Crippen LogP contribution in [0.5, 0.6) is 11.6 Å². The van der Waals surface area contributed by atoms with Gasteiger partial charge in [-0.3, -0.25) is 10.00 Å². The zero-order chi connectivity index (χ0) is 19.1. The highest BCUT2D eigenvalue weighted by Crippen LogP contribution is 2.24. The lowest BCUT2D eigenvalue weighted by atomic mass is 10.0. The van der Waals surface area contributed by atoms with Gasteiger partial charge in [0.05, 0.1) is 13.7 Å². The molecule has 1 aliphatic heterocycles. The molecule has 1 aromatic heterocycles. The van der Waals surface area contributed by atoms with Crippen molar-refractivity contribution in [2.24, 2.45) is 0 Å². The van der Waals surface area contributed by atoms with Crippen molar-refractivity contribution in [3.05, 3.63) is 41.1 Å². The van der Waals surface area contributed by atoms with E-state index in [4.69, 9.17) is 9.47 Å². The van der Waals surface area contributed by atoms with Crippen LogP contribution < -0.4 is 14.8 Å². The fourth-order valence-electron chi connectivity index (χ4n) is 3.48. The van der Waals surface area contributed by atoms with E-state index in [-0.39, 0.29) is 0 Å². The van der Waals surface area contributed by atoms with Crippen LogP contribution >= 0.6 is 0 Å². The van der Waals surface area contributed by atoms with E-state index in [1.54, 1.807) is 7.11 Å². The van der Waals surface area contributed by atoms with E-state index in [0.717, 1.165) is 62.4 Å². The smallest absolute Gasteiger partial charge is 0.232 e. The summed E-state index contributed by atoms with van der Waals surface area (Å²) in [4.78, 5) is 2.49. The molecule has 1 aromatic carbocycles. The van der Waals surface area contributed by atoms with Crippen molar-refractivity contribution < 1.29 is 9.47 Å². The van der Waals surface area contributed by atoms with Gasteiger partial charge in [-0.25, -0.2) is 0 Å². The molecule has 1 saturated heterocycles. The van der Waals surface area contributed by atoms with Gasteiger partial charge in [0.25, 0.3) is 0 Å². The third-order valence-corrected chi connectivity index (χ3v) is 4.95. The van der Waals surface area contributed by atoms with Crippen LogP contribution in [0.2, 0.25) is 0 Å². The van der Waals surface area contributed by atoms with Gasteiger partial charge in [-0.2, -0.15) is 0 Å². The number of hydrogen-bond donors (Lipinski definition) is 2. The Morgan fingerprint density at radius 2 is 2.19 bits per heavy atom. The molecule has 148 valence electrons. The summed E-state index contributed by atoms with van der Waals surface area (Å²) in [6, 6.07) is 9.06. The monoisotopic (exact) mass is 372 g/mol. The minimum absolute atomic E-state index is 0.550. The maximum Gasteiger partial charge on any atom is 0.232 e. The van der Waals surface area contributed by atoms with Crippen molar-refractivity contribution in [3.63, 3.8) is 0 Å². The van der Waals surface area contributed by atoms with Gasteiger partial charge in [0, 0.05) is 56.0 Å². The summed E-state index contributed by atoms with van der Waals surface area (Å²) >= 11 is 0. The number of methoxy groups -OCH3 is 1. The Labute approximate surface area is 162 Å². The van der Waals surface area contributed by atoms with E-state index in [0.29, 0.717) is 18.5 Å². The third-order valence-electron chi connectivity index (χ3n) is 4.95. The van der Waals surface area contributed by atoms with Gasteiger partial charge in [0.15, 0.2) is 0 Å². The molecule has 0 radical (unpaired) electrons. The van der Waals surface area contributed by atoms with Crippen LogP contribution in [0.15, 0.2) is 24.3 Å². The predicted molar refractivity (Wildman–Crippen MR) is 108 cm³/mol. The van der Waals surface area contributed by atoms with E-state index in [1.807, 2.05) is 6.07 Å². The van der Waals surface area contributed by atoms with Crippen molar-refractivity contribution in [3.8, 4) is 11.6 Å². The van der Waals surface area contributed by atoms with Crippen molar-refractivity contribution in [1.29, 1.82) is 0 Å². The molecule has 2 aromatic rings. The van der Waals surface area contributed by atoms with Gasteiger partial charge < -0.3 is 14.8 Å². The number of benzene rings is 1. The number of piperazine rings is 1.